The van der Waals surface area contributed by atoms with Crippen LogP contribution in [0.3, 0.4) is 0 Å². The summed E-state index contributed by atoms with van der Waals surface area (Å²) in [4.78, 5) is 2.95. The summed E-state index contributed by atoms with van der Waals surface area (Å²) in [6.45, 7) is 4.67. The van der Waals surface area contributed by atoms with Crippen molar-refractivity contribution >= 4 is 0 Å². The van der Waals surface area contributed by atoms with Crippen LogP contribution in [-0.2, 0) is 0 Å². The number of nitrogens with zero attached hydrogens (tertiary/aromatic N) is 1. The average molecular weight is 223 g/mol. The Morgan fingerprint density at radius 2 is 1.69 bits per heavy atom. The van der Waals surface area contributed by atoms with Crippen molar-refractivity contribution < 1.29 is 0 Å². The largest absolute Gasteiger partial charge is 0.294 e. The summed E-state index contributed by atoms with van der Waals surface area (Å²) in [7, 11) is 0. The van der Waals surface area contributed by atoms with Crippen LogP contribution in [0.2, 0.25) is 0 Å². The van der Waals surface area contributed by atoms with Crippen molar-refractivity contribution in [2.24, 2.45) is 0 Å². The predicted octanol–water partition coefficient (Wildman–Crippen LogP) is 4.36. The van der Waals surface area contributed by atoms with Gasteiger partial charge in [0, 0.05) is 18.1 Å². The molecule has 1 nitrogen and oxygen atoms in total. The van der Waals surface area contributed by atoms with Gasteiger partial charge in [-0.05, 0) is 38.5 Å². The number of unbranched alkanes of at least 4 members (excludes halogenated alkanes) is 1. The summed E-state index contributed by atoms with van der Waals surface area (Å²) >= 11 is 0. The summed E-state index contributed by atoms with van der Waals surface area (Å²) in [5.41, 5.74) is 0. The second-order valence-corrected chi connectivity index (χ2v) is 5.85. The Labute approximate surface area is 102 Å². The van der Waals surface area contributed by atoms with E-state index >= 15 is 0 Å². The van der Waals surface area contributed by atoms with Gasteiger partial charge >= 0.3 is 0 Å². The van der Waals surface area contributed by atoms with Gasteiger partial charge in [0.25, 0.3) is 0 Å². The summed E-state index contributed by atoms with van der Waals surface area (Å²) in [5, 5.41) is 0. The van der Waals surface area contributed by atoms with Crippen LogP contribution in [0.25, 0.3) is 0 Å². The van der Waals surface area contributed by atoms with Crippen LogP contribution in [0, 0.1) is 0 Å². The molecule has 0 aromatic rings. The van der Waals surface area contributed by atoms with Crippen LogP contribution in [0.15, 0.2) is 0 Å². The quantitative estimate of drug-likeness (QED) is 0.669. The molecular weight excluding hydrogens is 194 g/mol. The zero-order valence-corrected chi connectivity index (χ0v) is 11.3. The monoisotopic (exact) mass is 223 g/mol. The molecule has 0 aliphatic carbocycles. The van der Waals surface area contributed by atoms with Gasteiger partial charge in [0.05, 0.1) is 0 Å². The number of piperidine rings is 1. The van der Waals surface area contributed by atoms with Crippen LogP contribution in [0.1, 0.15) is 78.1 Å². The van der Waals surface area contributed by atoms with Gasteiger partial charge in [0.1, 0.15) is 0 Å². The number of fused-ring (bicyclic) bond motifs is 1. The summed E-state index contributed by atoms with van der Waals surface area (Å²) < 4.78 is 0. The van der Waals surface area contributed by atoms with Crippen molar-refractivity contribution in [2.45, 2.75) is 96.2 Å². The molecule has 2 saturated heterocycles. The Morgan fingerprint density at radius 3 is 2.44 bits per heavy atom. The lowest BCUT2D eigenvalue weighted by molar-refractivity contribution is 0.0715. The lowest BCUT2D eigenvalue weighted by Gasteiger charge is -2.41. The van der Waals surface area contributed by atoms with Gasteiger partial charge in [-0.25, -0.2) is 0 Å². The van der Waals surface area contributed by atoms with Gasteiger partial charge in [-0.2, -0.15) is 0 Å². The first-order valence-corrected chi connectivity index (χ1v) is 7.64. The Kier molecular flexibility index (Phi) is 4.69. The standard InChI is InChI=1S/C15H29N/c1-3-5-8-14-11-12-15-10-6-9-13(7-4-2)16(14)15/h13-15H,3-12H2,1-2H3/t13?,14-,15-/m1/s1. The maximum absolute atomic E-state index is 2.95. The molecule has 0 saturated carbocycles. The van der Waals surface area contributed by atoms with Gasteiger partial charge < -0.3 is 0 Å². The lowest BCUT2D eigenvalue weighted by atomic mass is 9.93. The number of hydrogen-bond acceptors (Lipinski definition) is 1. The van der Waals surface area contributed by atoms with E-state index < -0.39 is 0 Å². The maximum atomic E-state index is 2.95. The number of hydrogen-bond donors (Lipinski definition) is 0. The molecule has 2 aliphatic heterocycles. The SMILES string of the molecule is CCCC[C@@H]1CC[C@H]2CCCC(CCC)N12. The molecule has 0 spiro atoms. The normalized spacial score (nSPS) is 35.2. The van der Waals surface area contributed by atoms with Crippen molar-refractivity contribution in [3.05, 3.63) is 0 Å². The van der Waals surface area contributed by atoms with Crippen molar-refractivity contribution in [3.8, 4) is 0 Å². The van der Waals surface area contributed by atoms with Crippen LogP contribution in [0.4, 0.5) is 0 Å². The van der Waals surface area contributed by atoms with Gasteiger partial charge in [-0.15, -0.1) is 0 Å². The lowest BCUT2D eigenvalue weighted by Crippen LogP contribution is -2.46. The van der Waals surface area contributed by atoms with E-state index in [0.29, 0.717) is 0 Å². The highest BCUT2D eigenvalue weighted by Gasteiger charge is 2.39. The van der Waals surface area contributed by atoms with Crippen LogP contribution >= 0.6 is 0 Å². The van der Waals surface area contributed by atoms with E-state index in [4.69, 9.17) is 0 Å². The second kappa shape index (κ2) is 6.05. The van der Waals surface area contributed by atoms with Crippen molar-refractivity contribution in [1.82, 2.24) is 4.90 Å². The molecule has 1 unspecified atom stereocenters. The molecule has 2 rings (SSSR count). The Hall–Kier alpha value is -0.0400. The van der Waals surface area contributed by atoms with Crippen LogP contribution in [-0.4, -0.2) is 23.0 Å². The first kappa shape index (κ1) is 12.4. The van der Waals surface area contributed by atoms with Crippen molar-refractivity contribution in [2.75, 3.05) is 0 Å². The minimum absolute atomic E-state index is 0.938. The second-order valence-electron chi connectivity index (χ2n) is 5.85. The third kappa shape index (κ3) is 2.61. The van der Waals surface area contributed by atoms with Gasteiger partial charge in [0.15, 0.2) is 0 Å². The molecule has 94 valence electrons. The molecule has 0 aromatic carbocycles. The molecule has 3 atom stereocenters. The molecule has 0 N–H and O–H groups in total. The molecule has 2 fully saturated rings. The van der Waals surface area contributed by atoms with Crippen molar-refractivity contribution in [3.63, 3.8) is 0 Å². The molecule has 0 radical (unpaired) electrons. The highest BCUT2D eigenvalue weighted by Crippen LogP contribution is 2.38. The molecule has 2 aliphatic rings. The minimum Gasteiger partial charge on any atom is -0.294 e. The molecule has 0 bridgehead atoms. The summed E-state index contributed by atoms with van der Waals surface area (Å²) in [5.74, 6) is 0. The van der Waals surface area contributed by atoms with E-state index in [1.54, 1.807) is 0 Å². The van der Waals surface area contributed by atoms with E-state index in [0.717, 1.165) is 18.1 Å². The summed E-state index contributed by atoms with van der Waals surface area (Å²) in [6, 6.07) is 2.85. The fourth-order valence-corrected chi connectivity index (χ4v) is 3.97. The van der Waals surface area contributed by atoms with Gasteiger partial charge in [0.2, 0.25) is 0 Å². The fraction of sp³-hybridized carbons (Fsp3) is 1.00. The maximum Gasteiger partial charge on any atom is 0.0102 e. The zero-order chi connectivity index (χ0) is 11.4. The molecule has 2 heterocycles. The molecule has 0 amide bonds. The van der Waals surface area contributed by atoms with E-state index in [-0.39, 0.29) is 0 Å². The van der Waals surface area contributed by atoms with E-state index in [1.165, 1.54) is 64.2 Å². The van der Waals surface area contributed by atoms with Gasteiger partial charge in [-0.3, -0.25) is 4.90 Å². The first-order valence-electron chi connectivity index (χ1n) is 7.64. The van der Waals surface area contributed by atoms with Crippen LogP contribution in [0.5, 0.6) is 0 Å². The van der Waals surface area contributed by atoms with E-state index in [9.17, 15) is 0 Å². The first-order chi connectivity index (χ1) is 7.86. The Balaban J connectivity index is 1.94. The Bertz CT molecular complexity index is 200. The van der Waals surface area contributed by atoms with Gasteiger partial charge in [-0.1, -0.05) is 39.5 Å². The molecular formula is C15H29N. The smallest absolute Gasteiger partial charge is 0.0102 e. The molecule has 0 aromatic heterocycles. The topological polar surface area (TPSA) is 3.24 Å². The third-order valence-electron chi connectivity index (χ3n) is 4.69. The third-order valence-corrected chi connectivity index (χ3v) is 4.69. The van der Waals surface area contributed by atoms with Crippen LogP contribution < -0.4 is 0 Å². The van der Waals surface area contributed by atoms with Crippen molar-refractivity contribution in [1.29, 1.82) is 0 Å². The minimum atomic E-state index is 0.938. The van der Waals surface area contributed by atoms with E-state index in [2.05, 4.69) is 18.7 Å². The average Bonchev–Trinajstić information content (AvgIpc) is 2.71. The Morgan fingerprint density at radius 1 is 0.875 bits per heavy atom. The zero-order valence-electron chi connectivity index (χ0n) is 11.3. The summed E-state index contributed by atoms with van der Waals surface area (Å²) in [6.07, 6.45) is 14.5. The van der Waals surface area contributed by atoms with E-state index in [1.807, 2.05) is 0 Å². The fourth-order valence-electron chi connectivity index (χ4n) is 3.97. The number of rotatable bonds is 5. The highest BCUT2D eigenvalue weighted by atomic mass is 15.2. The predicted molar refractivity (Wildman–Crippen MR) is 70.7 cm³/mol. The molecule has 16 heavy (non-hydrogen) atoms. The molecule has 1 heteroatoms. The highest BCUT2D eigenvalue weighted by molar-refractivity contribution is 4.94.